The molecule has 1 unspecified atom stereocenters. The van der Waals surface area contributed by atoms with Crippen LogP contribution >= 0.6 is 0 Å². The van der Waals surface area contributed by atoms with E-state index in [2.05, 4.69) is 10.1 Å². The molecule has 2 aliphatic heterocycles. The number of urea groups is 1. The van der Waals surface area contributed by atoms with Crippen LogP contribution in [0.5, 0.6) is 17.2 Å². The molecule has 0 spiro atoms. The van der Waals surface area contributed by atoms with Gasteiger partial charge in [-0.05, 0) is 43.7 Å². The number of hydrogen-bond acceptors (Lipinski definition) is 6. The Morgan fingerprint density at radius 2 is 1.91 bits per heavy atom. The van der Waals surface area contributed by atoms with E-state index in [9.17, 15) is 18.4 Å². The average molecular weight is 446 g/mol. The van der Waals surface area contributed by atoms with Crippen molar-refractivity contribution in [2.45, 2.75) is 26.5 Å². The molecule has 0 radical (unpaired) electrons. The van der Waals surface area contributed by atoms with E-state index >= 15 is 0 Å². The second-order valence-corrected chi connectivity index (χ2v) is 6.92. The van der Waals surface area contributed by atoms with Crippen LogP contribution < -0.4 is 24.4 Å². The SMILES string of the molecule is CCOC(=O)C1=C(C)N(c2ccc3c(c2)OCO3)C(=O)NC1c1ccc(OC(F)F)cc1. The lowest BCUT2D eigenvalue weighted by molar-refractivity contribution is -0.139. The zero-order valence-electron chi connectivity index (χ0n) is 17.3. The fourth-order valence-corrected chi connectivity index (χ4v) is 3.64. The van der Waals surface area contributed by atoms with Crippen molar-refractivity contribution in [1.29, 1.82) is 0 Å². The first-order valence-electron chi connectivity index (χ1n) is 9.82. The smallest absolute Gasteiger partial charge is 0.387 e. The summed E-state index contributed by atoms with van der Waals surface area (Å²) in [4.78, 5) is 27.3. The van der Waals surface area contributed by atoms with Crippen molar-refractivity contribution < 1.29 is 37.3 Å². The fourth-order valence-electron chi connectivity index (χ4n) is 3.64. The first-order valence-corrected chi connectivity index (χ1v) is 9.82. The Morgan fingerprint density at radius 3 is 2.59 bits per heavy atom. The molecule has 8 nitrogen and oxygen atoms in total. The van der Waals surface area contributed by atoms with E-state index < -0.39 is 24.7 Å². The van der Waals surface area contributed by atoms with Crippen molar-refractivity contribution in [2.75, 3.05) is 18.3 Å². The Hall–Kier alpha value is -3.82. The van der Waals surface area contributed by atoms with E-state index in [0.29, 0.717) is 28.4 Å². The molecule has 2 aliphatic rings. The summed E-state index contributed by atoms with van der Waals surface area (Å²) in [5, 5.41) is 2.80. The Labute approximate surface area is 182 Å². The van der Waals surface area contributed by atoms with Crippen LogP contribution in [0.3, 0.4) is 0 Å². The number of esters is 1. The lowest BCUT2D eigenvalue weighted by atomic mass is 9.94. The third kappa shape index (κ3) is 4.03. The van der Waals surface area contributed by atoms with Gasteiger partial charge in [-0.25, -0.2) is 9.59 Å². The maximum atomic E-state index is 13.1. The van der Waals surface area contributed by atoms with E-state index in [-0.39, 0.29) is 24.7 Å². The van der Waals surface area contributed by atoms with Crippen molar-refractivity contribution in [3.05, 3.63) is 59.3 Å². The summed E-state index contributed by atoms with van der Waals surface area (Å²) >= 11 is 0. The van der Waals surface area contributed by atoms with E-state index in [1.54, 1.807) is 32.0 Å². The number of hydrogen-bond donors (Lipinski definition) is 1. The highest BCUT2D eigenvalue weighted by Gasteiger charge is 2.37. The molecule has 0 saturated heterocycles. The number of benzene rings is 2. The molecule has 0 bridgehead atoms. The molecule has 0 saturated carbocycles. The molecule has 2 aromatic carbocycles. The third-order valence-electron chi connectivity index (χ3n) is 5.03. The number of alkyl halides is 2. The van der Waals surface area contributed by atoms with Gasteiger partial charge in [0, 0.05) is 11.8 Å². The van der Waals surface area contributed by atoms with Gasteiger partial charge in [0.05, 0.1) is 23.9 Å². The molecule has 10 heteroatoms. The van der Waals surface area contributed by atoms with E-state index in [0.717, 1.165) is 0 Å². The van der Waals surface area contributed by atoms with Crippen molar-refractivity contribution in [2.24, 2.45) is 0 Å². The maximum Gasteiger partial charge on any atom is 0.387 e. The predicted octanol–water partition coefficient (Wildman–Crippen LogP) is 4.12. The number of allylic oxidation sites excluding steroid dienone is 1. The van der Waals surface area contributed by atoms with Gasteiger partial charge in [0.1, 0.15) is 5.75 Å². The van der Waals surface area contributed by atoms with Gasteiger partial charge in [0.2, 0.25) is 6.79 Å². The monoisotopic (exact) mass is 446 g/mol. The third-order valence-corrected chi connectivity index (χ3v) is 5.03. The summed E-state index contributed by atoms with van der Waals surface area (Å²) in [5.41, 5.74) is 1.56. The molecule has 0 aromatic heterocycles. The average Bonchev–Trinajstić information content (AvgIpc) is 3.21. The highest BCUT2D eigenvalue weighted by Crippen LogP contribution is 2.39. The predicted molar refractivity (Wildman–Crippen MR) is 109 cm³/mol. The fraction of sp³-hybridized carbons (Fsp3) is 0.273. The Balaban J connectivity index is 1.74. The minimum atomic E-state index is -2.96. The van der Waals surface area contributed by atoms with Crippen molar-refractivity contribution in [1.82, 2.24) is 5.32 Å². The van der Waals surface area contributed by atoms with Gasteiger partial charge in [0.25, 0.3) is 0 Å². The van der Waals surface area contributed by atoms with Crippen LogP contribution in [-0.2, 0) is 9.53 Å². The molecular formula is C22H20F2N2O6. The van der Waals surface area contributed by atoms with Crippen LogP contribution in [0.4, 0.5) is 19.3 Å². The summed E-state index contributed by atoms with van der Waals surface area (Å²) < 4.78 is 45.2. The number of ether oxygens (including phenoxy) is 4. The number of halogens is 2. The molecule has 2 aromatic rings. The number of fused-ring (bicyclic) bond motifs is 1. The normalized spacial score (nSPS) is 17.5. The van der Waals surface area contributed by atoms with Gasteiger partial charge in [-0.3, -0.25) is 4.90 Å². The number of anilines is 1. The largest absolute Gasteiger partial charge is 0.463 e. The standard InChI is InChI=1S/C22H20F2N2O6/c1-3-29-20(27)18-12(2)26(14-6-9-16-17(10-14)31-11-30-16)22(28)25-19(18)13-4-7-15(8-5-13)32-21(23)24/h4-10,19,21H,3,11H2,1-2H3,(H,25,28). The topological polar surface area (TPSA) is 86.3 Å². The van der Waals surface area contributed by atoms with E-state index in [1.165, 1.54) is 29.2 Å². The molecule has 2 heterocycles. The zero-order valence-corrected chi connectivity index (χ0v) is 17.3. The van der Waals surface area contributed by atoms with E-state index in [4.69, 9.17) is 14.2 Å². The maximum absolute atomic E-state index is 13.1. The molecule has 168 valence electrons. The molecule has 0 aliphatic carbocycles. The number of rotatable bonds is 6. The number of nitrogens with one attached hydrogen (secondary N) is 1. The minimum absolute atomic E-state index is 0.0359. The van der Waals surface area contributed by atoms with Gasteiger partial charge >= 0.3 is 18.6 Å². The second kappa shape index (κ2) is 8.74. The van der Waals surface area contributed by atoms with Gasteiger partial charge in [-0.1, -0.05) is 12.1 Å². The summed E-state index contributed by atoms with van der Waals surface area (Å²) in [6.45, 7) is 0.582. The van der Waals surface area contributed by atoms with Gasteiger partial charge in [-0.2, -0.15) is 8.78 Å². The van der Waals surface area contributed by atoms with Gasteiger partial charge in [-0.15, -0.1) is 0 Å². The highest BCUT2D eigenvalue weighted by atomic mass is 19.3. The minimum Gasteiger partial charge on any atom is -0.463 e. The Morgan fingerprint density at radius 1 is 1.19 bits per heavy atom. The zero-order chi connectivity index (χ0) is 22.8. The molecule has 1 N–H and O–H groups in total. The van der Waals surface area contributed by atoms with Crippen LogP contribution in [0.15, 0.2) is 53.7 Å². The van der Waals surface area contributed by atoms with Gasteiger partial charge in [0.15, 0.2) is 11.5 Å². The highest BCUT2D eigenvalue weighted by molar-refractivity contribution is 6.03. The van der Waals surface area contributed by atoms with Crippen LogP contribution in [0.25, 0.3) is 0 Å². The molecular weight excluding hydrogens is 426 g/mol. The molecule has 32 heavy (non-hydrogen) atoms. The molecule has 1 atom stereocenters. The number of nitrogens with zero attached hydrogens (tertiary/aromatic N) is 1. The molecule has 0 fully saturated rings. The summed E-state index contributed by atoms with van der Waals surface area (Å²) in [7, 11) is 0. The summed E-state index contributed by atoms with van der Waals surface area (Å²) in [6, 6.07) is 9.37. The lowest BCUT2D eigenvalue weighted by Gasteiger charge is -2.35. The van der Waals surface area contributed by atoms with Crippen molar-refractivity contribution in [3.63, 3.8) is 0 Å². The Kier molecular flexibility index (Phi) is 5.85. The van der Waals surface area contributed by atoms with Crippen LogP contribution in [0.2, 0.25) is 0 Å². The first-order chi connectivity index (χ1) is 15.4. The first kappa shape index (κ1) is 21.4. The summed E-state index contributed by atoms with van der Waals surface area (Å²) in [6.07, 6.45) is 0. The lowest BCUT2D eigenvalue weighted by Crippen LogP contribution is -2.48. The van der Waals surface area contributed by atoms with E-state index in [1.807, 2.05) is 0 Å². The van der Waals surface area contributed by atoms with Crippen LogP contribution in [-0.4, -0.2) is 32.0 Å². The van der Waals surface area contributed by atoms with Crippen LogP contribution in [0.1, 0.15) is 25.5 Å². The molecule has 4 rings (SSSR count). The summed E-state index contributed by atoms with van der Waals surface area (Å²) in [5.74, 6) is 0.403. The van der Waals surface area contributed by atoms with Crippen molar-refractivity contribution >= 4 is 17.7 Å². The Bertz CT molecular complexity index is 1070. The van der Waals surface area contributed by atoms with Gasteiger partial charge < -0.3 is 24.3 Å². The molecule has 2 amide bonds. The van der Waals surface area contributed by atoms with Crippen molar-refractivity contribution in [3.8, 4) is 17.2 Å². The number of carbonyl (C=O) groups excluding carboxylic acids is 2. The quantitative estimate of drug-likeness (QED) is 0.672. The number of amides is 2. The second-order valence-electron chi connectivity index (χ2n) is 6.92. The van der Waals surface area contributed by atoms with Crippen LogP contribution in [0, 0.1) is 0 Å². The number of carbonyl (C=O) groups is 2.